The van der Waals surface area contributed by atoms with Crippen molar-refractivity contribution in [1.82, 2.24) is 14.7 Å². The lowest BCUT2D eigenvalue weighted by Crippen LogP contribution is -2.30. The first-order valence-corrected chi connectivity index (χ1v) is 16.3. The Balaban J connectivity index is 1.25. The van der Waals surface area contributed by atoms with Gasteiger partial charge in [0.2, 0.25) is 5.91 Å². The topological polar surface area (TPSA) is 114 Å². The highest BCUT2D eigenvalue weighted by Crippen LogP contribution is 2.26. The van der Waals surface area contributed by atoms with Crippen molar-refractivity contribution in [1.29, 1.82) is 0 Å². The maximum Gasteiger partial charge on any atom is 0.295 e. The fourth-order valence-electron chi connectivity index (χ4n) is 4.68. The third-order valence-electron chi connectivity index (χ3n) is 7.31. The van der Waals surface area contributed by atoms with Crippen LogP contribution in [-0.2, 0) is 16.6 Å². The molecule has 0 bridgehead atoms. The molecule has 238 valence electrons. The SMILES string of the molecule is Cc1c(NC(=O)C(C)Sc2ccc(NC(=O)/C(=C/c3ccc(Br)cc3)NC(=O)c3ccccc3)cc2)c(=O)n(-c2ccccc2)n1C. The van der Waals surface area contributed by atoms with Gasteiger partial charge in [0.1, 0.15) is 11.4 Å². The monoisotopic (exact) mass is 709 g/mol. The largest absolute Gasteiger partial charge is 0.321 e. The van der Waals surface area contributed by atoms with Crippen LogP contribution in [0.5, 0.6) is 0 Å². The van der Waals surface area contributed by atoms with Gasteiger partial charge in [-0.1, -0.05) is 64.5 Å². The van der Waals surface area contributed by atoms with Crippen LogP contribution in [0, 0.1) is 6.92 Å². The number of carbonyl (C=O) groups is 3. The Morgan fingerprint density at radius 2 is 1.45 bits per heavy atom. The van der Waals surface area contributed by atoms with Crippen molar-refractivity contribution in [3.8, 4) is 5.69 Å². The summed E-state index contributed by atoms with van der Waals surface area (Å²) in [5.41, 5.74) is 3.00. The maximum absolute atomic E-state index is 13.4. The van der Waals surface area contributed by atoms with E-state index in [2.05, 4.69) is 31.9 Å². The van der Waals surface area contributed by atoms with Gasteiger partial charge in [0.25, 0.3) is 17.4 Å². The fourth-order valence-corrected chi connectivity index (χ4v) is 5.81. The molecule has 11 heteroatoms. The number of nitrogens with one attached hydrogen (secondary N) is 3. The van der Waals surface area contributed by atoms with Crippen LogP contribution in [0.1, 0.15) is 28.5 Å². The number of halogens is 1. The summed E-state index contributed by atoms with van der Waals surface area (Å²) in [6.45, 7) is 3.55. The fraction of sp³-hybridized carbons (Fsp3) is 0.111. The first-order chi connectivity index (χ1) is 22.6. The second kappa shape index (κ2) is 15.0. The average molecular weight is 711 g/mol. The number of rotatable bonds is 10. The first-order valence-electron chi connectivity index (χ1n) is 14.7. The van der Waals surface area contributed by atoms with Gasteiger partial charge in [-0.15, -0.1) is 11.8 Å². The Labute approximate surface area is 284 Å². The van der Waals surface area contributed by atoms with Crippen LogP contribution in [-0.4, -0.2) is 32.3 Å². The van der Waals surface area contributed by atoms with Crippen LogP contribution in [0.4, 0.5) is 11.4 Å². The Bertz CT molecular complexity index is 1990. The number of aromatic nitrogens is 2. The molecule has 0 aliphatic carbocycles. The molecule has 5 aromatic rings. The van der Waals surface area contributed by atoms with Gasteiger partial charge in [0.15, 0.2) is 0 Å². The van der Waals surface area contributed by atoms with Crippen molar-refractivity contribution in [3.63, 3.8) is 0 Å². The molecule has 3 amide bonds. The van der Waals surface area contributed by atoms with Crippen LogP contribution in [0.25, 0.3) is 11.8 Å². The molecule has 3 N–H and O–H groups in total. The lowest BCUT2D eigenvalue weighted by Gasteiger charge is -2.13. The minimum Gasteiger partial charge on any atom is -0.321 e. The summed E-state index contributed by atoms with van der Waals surface area (Å²) < 4.78 is 4.12. The molecule has 0 saturated heterocycles. The van der Waals surface area contributed by atoms with Gasteiger partial charge in [-0.2, -0.15) is 0 Å². The third-order valence-corrected chi connectivity index (χ3v) is 8.95. The summed E-state index contributed by atoms with van der Waals surface area (Å²) in [6, 6.07) is 32.3. The van der Waals surface area contributed by atoms with Crippen LogP contribution in [0.3, 0.4) is 0 Å². The maximum atomic E-state index is 13.4. The molecule has 1 unspecified atom stereocenters. The molecule has 0 aliphatic heterocycles. The Hall–Kier alpha value is -5.13. The number of carbonyl (C=O) groups excluding carboxylic acids is 3. The van der Waals surface area contributed by atoms with Crippen molar-refractivity contribution >= 4 is 62.9 Å². The average Bonchev–Trinajstić information content (AvgIpc) is 3.29. The zero-order chi connectivity index (χ0) is 33.5. The van der Waals surface area contributed by atoms with Gasteiger partial charge >= 0.3 is 0 Å². The summed E-state index contributed by atoms with van der Waals surface area (Å²) in [4.78, 5) is 53.4. The van der Waals surface area contributed by atoms with E-state index in [0.717, 1.165) is 14.9 Å². The smallest absolute Gasteiger partial charge is 0.295 e. The molecule has 9 nitrogen and oxygen atoms in total. The van der Waals surface area contributed by atoms with Gasteiger partial charge in [-0.25, -0.2) is 4.68 Å². The number of nitrogens with zero attached hydrogens (tertiary/aromatic N) is 2. The molecule has 1 heterocycles. The van der Waals surface area contributed by atoms with E-state index in [1.54, 1.807) is 80.2 Å². The molecule has 0 fully saturated rings. The van der Waals surface area contributed by atoms with Crippen LogP contribution >= 0.6 is 27.7 Å². The number of hydrogen-bond acceptors (Lipinski definition) is 5. The van der Waals surface area contributed by atoms with Gasteiger partial charge < -0.3 is 16.0 Å². The zero-order valence-corrected chi connectivity index (χ0v) is 28.3. The summed E-state index contributed by atoms with van der Waals surface area (Å²) in [6.07, 6.45) is 1.61. The molecule has 0 radical (unpaired) electrons. The van der Waals surface area contributed by atoms with Crippen LogP contribution < -0.4 is 21.5 Å². The summed E-state index contributed by atoms with van der Waals surface area (Å²) in [5.74, 6) is -1.21. The molecule has 47 heavy (non-hydrogen) atoms. The zero-order valence-electron chi connectivity index (χ0n) is 25.9. The third kappa shape index (κ3) is 8.18. The lowest BCUT2D eigenvalue weighted by molar-refractivity contribution is -0.115. The van der Waals surface area contributed by atoms with Crippen molar-refractivity contribution < 1.29 is 14.4 Å². The molecule has 1 atom stereocenters. The molecule has 4 aromatic carbocycles. The van der Waals surface area contributed by atoms with E-state index in [1.165, 1.54) is 16.4 Å². The predicted octanol–water partition coefficient (Wildman–Crippen LogP) is 6.78. The van der Waals surface area contributed by atoms with Crippen molar-refractivity contribution in [3.05, 3.63) is 147 Å². The van der Waals surface area contributed by atoms with E-state index >= 15 is 0 Å². The standard InChI is InChI=1S/C36H32BrN5O4S/c1-23-32(36(46)42(41(23)3)29-12-8-5-9-13-29)40-33(43)24(2)47-30-20-18-28(19-21-30)38-35(45)31(22-25-14-16-27(37)17-15-25)39-34(44)26-10-6-4-7-11-26/h4-22,24H,1-3H3,(H,38,45)(H,39,44)(H,40,43)/b31-22-. The van der Waals surface area contributed by atoms with Crippen LogP contribution in [0.2, 0.25) is 0 Å². The molecule has 1 aromatic heterocycles. The normalized spacial score (nSPS) is 11.9. The highest BCUT2D eigenvalue weighted by molar-refractivity contribution is 9.10. The molecule has 0 spiro atoms. The van der Waals surface area contributed by atoms with E-state index in [0.29, 0.717) is 22.6 Å². The number of amides is 3. The Morgan fingerprint density at radius 1 is 0.830 bits per heavy atom. The highest BCUT2D eigenvalue weighted by Gasteiger charge is 2.22. The van der Waals surface area contributed by atoms with Gasteiger partial charge in [-0.05, 0) is 86.2 Å². The summed E-state index contributed by atoms with van der Waals surface area (Å²) in [5, 5.41) is 7.87. The molecular weight excluding hydrogens is 678 g/mol. The number of para-hydroxylation sites is 1. The molecule has 0 saturated carbocycles. The van der Waals surface area contributed by atoms with E-state index in [1.807, 2.05) is 60.7 Å². The molecular formula is C36H32BrN5O4S. The van der Waals surface area contributed by atoms with E-state index < -0.39 is 17.1 Å². The number of thioether (sulfide) groups is 1. The van der Waals surface area contributed by atoms with Gasteiger partial charge in [-0.3, -0.25) is 23.9 Å². The second-order valence-electron chi connectivity index (χ2n) is 10.6. The predicted molar refractivity (Wildman–Crippen MR) is 191 cm³/mol. The number of hydrogen-bond donors (Lipinski definition) is 3. The van der Waals surface area contributed by atoms with Crippen LogP contribution in [0.15, 0.2) is 129 Å². The summed E-state index contributed by atoms with van der Waals surface area (Å²) in [7, 11) is 1.77. The first kappa shape index (κ1) is 33.2. The summed E-state index contributed by atoms with van der Waals surface area (Å²) >= 11 is 4.73. The number of anilines is 2. The van der Waals surface area contributed by atoms with Crippen molar-refractivity contribution in [2.24, 2.45) is 7.05 Å². The minimum absolute atomic E-state index is 0.0763. The van der Waals surface area contributed by atoms with Crippen molar-refractivity contribution in [2.45, 2.75) is 24.0 Å². The van der Waals surface area contributed by atoms with E-state index in [9.17, 15) is 19.2 Å². The Morgan fingerprint density at radius 3 is 2.09 bits per heavy atom. The lowest BCUT2D eigenvalue weighted by atomic mass is 10.1. The van der Waals surface area contributed by atoms with Gasteiger partial charge in [0.05, 0.1) is 16.6 Å². The Kier molecular flexibility index (Phi) is 10.6. The highest BCUT2D eigenvalue weighted by atomic mass is 79.9. The van der Waals surface area contributed by atoms with Gasteiger partial charge in [0, 0.05) is 27.7 Å². The molecule has 0 aliphatic rings. The van der Waals surface area contributed by atoms with Crippen molar-refractivity contribution in [2.75, 3.05) is 10.6 Å². The quantitative estimate of drug-likeness (QED) is 0.109. The minimum atomic E-state index is -0.520. The molecule has 5 rings (SSSR count). The second-order valence-corrected chi connectivity index (χ2v) is 12.9. The number of benzene rings is 4. The van der Waals surface area contributed by atoms with E-state index in [-0.39, 0.29) is 22.9 Å². The van der Waals surface area contributed by atoms with E-state index in [4.69, 9.17) is 0 Å².